The fourth-order valence-electron chi connectivity index (χ4n) is 2.34. The van der Waals surface area contributed by atoms with Crippen LogP contribution < -0.4 is 0 Å². The van der Waals surface area contributed by atoms with E-state index < -0.39 is 0 Å². The molecule has 2 heterocycles. The Morgan fingerprint density at radius 2 is 2.22 bits per heavy atom. The van der Waals surface area contributed by atoms with Gasteiger partial charge in [-0.2, -0.15) is 11.8 Å². The second-order valence-corrected chi connectivity index (χ2v) is 6.06. The molecule has 0 aliphatic carbocycles. The number of aliphatic hydroxyl groups is 1. The summed E-state index contributed by atoms with van der Waals surface area (Å²) in [6, 6.07) is 8.84. The fourth-order valence-corrected chi connectivity index (χ4v) is 2.77. The third kappa shape index (κ3) is 4.59. The van der Waals surface area contributed by atoms with Crippen LogP contribution in [0.2, 0.25) is 0 Å². The summed E-state index contributed by atoms with van der Waals surface area (Å²) in [5.74, 6) is 1.58. The SMILES string of the molecule is CC[C@H](CO)N(Cc1ccccn1)C(=O)c1ccc(CSC)o1. The van der Waals surface area contributed by atoms with Crippen LogP contribution in [-0.4, -0.2) is 39.8 Å². The number of aromatic nitrogens is 1. The van der Waals surface area contributed by atoms with Gasteiger partial charge in [-0.3, -0.25) is 9.78 Å². The van der Waals surface area contributed by atoms with E-state index in [1.54, 1.807) is 28.9 Å². The van der Waals surface area contributed by atoms with Gasteiger partial charge in [-0.1, -0.05) is 13.0 Å². The number of thioether (sulfide) groups is 1. The van der Waals surface area contributed by atoms with Gasteiger partial charge >= 0.3 is 0 Å². The first-order chi connectivity index (χ1) is 11.2. The molecular weight excluding hydrogens is 312 g/mol. The number of furan rings is 1. The van der Waals surface area contributed by atoms with Crippen molar-refractivity contribution in [3.63, 3.8) is 0 Å². The van der Waals surface area contributed by atoms with Gasteiger partial charge in [-0.15, -0.1) is 0 Å². The highest BCUT2D eigenvalue weighted by molar-refractivity contribution is 7.97. The van der Waals surface area contributed by atoms with E-state index in [1.165, 1.54) is 0 Å². The van der Waals surface area contributed by atoms with Gasteiger partial charge in [0.25, 0.3) is 5.91 Å². The van der Waals surface area contributed by atoms with Gasteiger partial charge in [0.05, 0.1) is 30.6 Å². The maximum absolute atomic E-state index is 12.8. The summed E-state index contributed by atoms with van der Waals surface area (Å²) in [4.78, 5) is 18.7. The lowest BCUT2D eigenvalue weighted by molar-refractivity contribution is 0.0528. The van der Waals surface area contributed by atoms with Gasteiger partial charge < -0.3 is 14.4 Å². The number of amides is 1. The summed E-state index contributed by atoms with van der Waals surface area (Å²) < 4.78 is 5.63. The summed E-state index contributed by atoms with van der Waals surface area (Å²) in [5, 5.41) is 9.61. The summed E-state index contributed by atoms with van der Waals surface area (Å²) >= 11 is 1.64. The zero-order valence-electron chi connectivity index (χ0n) is 13.4. The van der Waals surface area contributed by atoms with Crippen molar-refractivity contribution in [1.82, 2.24) is 9.88 Å². The van der Waals surface area contributed by atoms with E-state index in [2.05, 4.69) is 4.98 Å². The molecule has 2 rings (SSSR count). The van der Waals surface area contributed by atoms with Crippen LogP contribution in [0.3, 0.4) is 0 Å². The lowest BCUT2D eigenvalue weighted by Gasteiger charge is -2.29. The van der Waals surface area contributed by atoms with Crippen LogP contribution in [0, 0.1) is 0 Å². The Balaban J connectivity index is 2.22. The Kier molecular flexibility index (Phi) is 6.67. The second kappa shape index (κ2) is 8.74. The number of aliphatic hydroxyl groups excluding tert-OH is 1. The molecule has 5 nitrogen and oxygen atoms in total. The van der Waals surface area contributed by atoms with Gasteiger partial charge in [-0.05, 0) is 36.9 Å². The lowest BCUT2D eigenvalue weighted by Crippen LogP contribution is -2.41. The highest BCUT2D eigenvalue weighted by Crippen LogP contribution is 2.18. The molecule has 0 spiro atoms. The monoisotopic (exact) mass is 334 g/mol. The third-order valence-corrected chi connectivity index (χ3v) is 4.17. The summed E-state index contributed by atoms with van der Waals surface area (Å²) in [7, 11) is 0. The van der Waals surface area contributed by atoms with Crippen molar-refractivity contribution < 1.29 is 14.3 Å². The molecule has 0 fully saturated rings. The smallest absolute Gasteiger partial charge is 0.290 e. The highest BCUT2D eigenvalue weighted by Gasteiger charge is 2.26. The van der Waals surface area contributed by atoms with E-state index in [0.29, 0.717) is 18.7 Å². The first kappa shape index (κ1) is 17.6. The van der Waals surface area contributed by atoms with E-state index >= 15 is 0 Å². The minimum Gasteiger partial charge on any atom is -0.455 e. The van der Waals surface area contributed by atoms with E-state index in [9.17, 15) is 9.90 Å². The number of pyridine rings is 1. The van der Waals surface area contributed by atoms with Crippen molar-refractivity contribution in [1.29, 1.82) is 0 Å². The highest BCUT2D eigenvalue weighted by atomic mass is 32.2. The second-order valence-electron chi connectivity index (χ2n) is 5.20. The standard InChI is InChI=1S/C17H22N2O3S/c1-3-14(11-20)19(10-13-6-4-5-9-18-13)17(21)16-8-7-15(22-16)12-23-2/h4-9,14,20H,3,10-12H2,1-2H3/t14-/m1/s1. The molecule has 0 aliphatic rings. The zero-order valence-corrected chi connectivity index (χ0v) is 14.3. The van der Waals surface area contributed by atoms with Gasteiger partial charge in [0.2, 0.25) is 0 Å². The normalized spacial score (nSPS) is 12.1. The van der Waals surface area contributed by atoms with E-state index in [1.807, 2.05) is 37.4 Å². The average molecular weight is 334 g/mol. The van der Waals surface area contributed by atoms with Crippen molar-refractivity contribution in [3.05, 3.63) is 53.7 Å². The summed E-state index contributed by atoms with van der Waals surface area (Å²) in [5.41, 5.74) is 0.781. The van der Waals surface area contributed by atoms with Crippen molar-refractivity contribution in [2.24, 2.45) is 0 Å². The number of carbonyl (C=O) groups excluding carboxylic acids is 1. The Morgan fingerprint density at radius 3 is 2.83 bits per heavy atom. The number of rotatable bonds is 8. The fraction of sp³-hybridized carbons (Fsp3) is 0.412. The topological polar surface area (TPSA) is 66.6 Å². The minimum atomic E-state index is -0.265. The lowest BCUT2D eigenvalue weighted by atomic mass is 10.1. The molecule has 0 unspecified atom stereocenters. The molecule has 23 heavy (non-hydrogen) atoms. The predicted molar refractivity (Wildman–Crippen MR) is 91.2 cm³/mol. The van der Waals surface area contributed by atoms with Crippen molar-refractivity contribution in [2.75, 3.05) is 12.9 Å². The maximum Gasteiger partial charge on any atom is 0.290 e. The quantitative estimate of drug-likeness (QED) is 0.804. The van der Waals surface area contributed by atoms with Crippen LogP contribution in [-0.2, 0) is 12.3 Å². The minimum absolute atomic E-state index is 0.0898. The summed E-state index contributed by atoms with van der Waals surface area (Å²) in [6.07, 6.45) is 4.34. The van der Waals surface area contributed by atoms with Gasteiger partial charge in [0, 0.05) is 6.20 Å². The molecule has 0 bridgehead atoms. The molecule has 0 saturated carbocycles. The number of hydrogen-bond donors (Lipinski definition) is 1. The van der Waals surface area contributed by atoms with Crippen LogP contribution in [0.25, 0.3) is 0 Å². The number of nitrogens with zero attached hydrogens (tertiary/aromatic N) is 2. The number of hydrogen-bond acceptors (Lipinski definition) is 5. The molecule has 124 valence electrons. The Hall–Kier alpha value is -1.79. The predicted octanol–water partition coefficient (Wildman–Crippen LogP) is 2.95. The van der Waals surface area contributed by atoms with E-state index in [-0.39, 0.29) is 18.6 Å². The first-order valence-electron chi connectivity index (χ1n) is 7.59. The largest absolute Gasteiger partial charge is 0.455 e. The van der Waals surface area contributed by atoms with Gasteiger partial charge in [0.15, 0.2) is 5.76 Å². The van der Waals surface area contributed by atoms with Crippen LogP contribution in [0.4, 0.5) is 0 Å². The van der Waals surface area contributed by atoms with Crippen LogP contribution >= 0.6 is 11.8 Å². The molecule has 1 N–H and O–H groups in total. The molecule has 2 aromatic rings. The van der Waals surface area contributed by atoms with Crippen LogP contribution in [0.1, 0.15) is 35.4 Å². The molecule has 2 aromatic heterocycles. The molecule has 1 amide bonds. The first-order valence-corrected chi connectivity index (χ1v) is 8.98. The molecule has 0 aromatic carbocycles. The molecule has 1 atom stereocenters. The molecule has 0 saturated heterocycles. The maximum atomic E-state index is 12.8. The summed E-state index contributed by atoms with van der Waals surface area (Å²) in [6.45, 7) is 2.20. The van der Waals surface area contributed by atoms with E-state index in [0.717, 1.165) is 17.2 Å². The Labute approximate surface area is 140 Å². The molecule has 0 aliphatic heterocycles. The van der Waals surface area contributed by atoms with Crippen LogP contribution in [0.5, 0.6) is 0 Å². The molecular formula is C17H22N2O3S. The zero-order chi connectivity index (χ0) is 16.7. The molecule has 6 heteroatoms. The van der Waals surface area contributed by atoms with E-state index in [4.69, 9.17) is 4.42 Å². The van der Waals surface area contributed by atoms with Crippen molar-refractivity contribution in [3.8, 4) is 0 Å². The number of carbonyl (C=O) groups is 1. The Bertz CT molecular complexity index is 611. The van der Waals surface area contributed by atoms with Crippen molar-refractivity contribution >= 4 is 17.7 Å². The van der Waals surface area contributed by atoms with Crippen LogP contribution in [0.15, 0.2) is 40.9 Å². The molecule has 0 radical (unpaired) electrons. The van der Waals surface area contributed by atoms with Gasteiger partial charge in [-0.25, -0.2) is 0 Å². The average Bonchev–Trinajstić information content (AvgIpc) is 3.04. The third-order valence-electron chi connectivity index (χ3n) is 3.60. The Morgan fingerprint density at radius 1 is 1.39 bits per heavy atom. The van der Waals surface area contributed by atoms with Crippen molar-refractivity contribution in [2.45, 2.75) is 31.7 Å². The van der Waals surface area contributed by atoms with Gasteiger partial charge in [0.1, 0.15) is 5.76 Å².